The first-order chi connectivity index (χ1) is 16.2. The summed E-state index contributed by atoms with van der Waals surface area (Å²) < 4.78 is 11.3. The maximum Gasteiger partial charge on any atom is 0.255 e. The summed E-state index contributed by atoms with van der Waals surface area (Å²) in [5.41, 5.74) is 1.73. The van der Waals surface area contributed by atoms with Gasteiger partial charge in [0.05, 0.1) is 38.8 Å². The van der Waals surface area contributed by atoms with E-state index in [0.717, 1.165) is 60.4 Å². The van der Waals surface area contributed by atoms with Gasteiger partial charge in [0.25, 0.3) is 5.91 Å². The van der Waals surface area contributed by atoms with Gasteiger partial charge in [0.2, 0.25) is 5.91 Å². The first kappa shape index (κ1) is 21.9. The minimum atomic E-state index is -0.293. The Balaban J connectivity index is 1.20. The van der Waals surface area contributed by atoms with Crippen LogP contribution in [-0.4, -0.2) is 47.9 Å². The molecule has 0 saturated carbocycles. The molecule has 0 spiro atoms. The Kier molecular flexibility index (Phi) is 6.57. The van der Waals surface area contributed by atoms with Crippen molar-refractivity contribution in [3.05, 3.63) is 81.4 Å². The summed E-state index contributed by atoms with van der Waals surface area (Å²) in [6.07, 6.45) is 0.210. The number of amides is 2. The zero-order valence-electron chi connectivity index (χ0n) is 18.4. The molecule has 1 aromatic carbocycles. The Hall–Kier alpha value is -2.94. The molecule has 5 rings (SSSR count). The first-order valence-corrected chi connectivity index (χ1v) is 12.1. The lowest BCUT2D eigenvalue weighted by atomic mass is 10.1. The molecular weight excluding hydrogens is 438 g/mol. The van der Waals surface area contributed by atoms with Crippen molar-refractivity contribution in [2.45, 2.75) is 32.1 Å². The predicted octanol–water partition coefficient (Wildman–Crippen LogP) is 3.58. The SMILES string of the molecule is O=C(CC(c1cccs1)N1Cc2ccccc2C1=O)NCc1ccc(CN2CCOCC2)o1. The van der Waals surface area contributed by atoms with Gasteiger partial charge in [-0.3, -0.25) is 14.5 Å². The van der Waals surface area contributed by atoms with Gasteiger partial charge < -0.3 is 19.4 Å². The molecule has 1 saturated heterocycles. The summed E-state index contributed by atoms with van der Waals surface area (Å²) in [6, 6.07) is 15.2. The van der Waals surface area contributed by atoms with Gasteiger partial charge in [0, 0.05) is 30.1 Å². The molecule has 8 heteroatoms. The van der Waals surface area contributed by atoms with Crippen LogP contribution in [0.25, 0.3) is 0 Å². The molecule has 0 bridgehead atoms. The van der Waals surface area contributed by atoms with Crippen LogP contribution in [0.5, 0.6) is 0 Å². The van der Waals surface area contributed by atoms with Crippen molar-refractivity contribution in [2.24, 2.45) is 0 Å². The van der Waals surface area contributed by atoms with Crippen LogP contribution < -0.4 is 5.32 Å². The van der Waals surface area contributed by atoms with E-state index in [4.69, 9.17) is 9.15 Å². The molecule has 4 heterocycles. The fourth-order valence-corrected chi connectivity index (χ4v) is 5.23. The number of fused-ring (bicyclic) bond motifs is 1. The first-order valence-electron chi connectivity index (χ1n) is 11.2. The van der Waals surface area contributed by atoms with E-state index in [0.29, 0.717) is 13.1 Å². The third-order valence-corrected chi connectivity index (χ3v) is 7.11. The predicted molar refractivity (Wildman–Crippen MR) is 125 cm³/mol. The molecule has 0 radical (unpaired) electrons. The van der Waals surface area contributed by atoms with Gasteiger partial charge in [-0.1, -0.05) is 24.3 Å². The van der Waals surface area contributed by atoms with Crippen LogP contribution in [0.4, 0.5) is 0 Å². The third kappa shape index (κ3) is 5.03. The molecule has 2 aliphatic rings. The lowest BCUT2D eigenvalue weighted by Gasteiger charge is -2.26. The summed E-state index contributed by atoms with van der Waals surface area (Å²) in [5.74, 6) is 1.49. The minimum absolute atomic E-state index is 0.0180. The molecule has 3 aromatic rings. The Labute approximate surface area is 196 Å². The molecule has 1 atom stereocenters. The van der Waals surface area contributed by atoms with Gasteiger partial charge in [0.1, 0.15) is 11.5 Å². The number of carbonyl (C=O) groups excluding carboxylic acids is 2. The van der Waals surface area contributed by atoms with Gasteiger partial charge in [-0.15, -0.1) is 11.3 Å². The molecule has 2 aromatic heterocycles. The lowest BCUT2D eigenvalue weighted by molar-refractivity contribution is -0.122. The van der Waals surface area contributed by atoms with Crippen molar-refractivity contribution in [1.82, 2.24) is 15.1 Å². The Bertz CT molecular complexity index is 1100. The number of morpholine rings is 1. The van der Waals surface area contributed by atoms with E-state index in [9.17, 15) is 9.59 Å². The van der Waals surface area contributed by atoms with Gasteiger partial charge in [-0.25, -0.2) is 0 Å². The van der Waals surface area contributed by atoms with Gasteiger partial charge in [-0.2, -0.15) is 0 Å². The topological polar surface area (TPSA) is 75.0 Å². The van der Waals surface area contributed by atoms with Crippen molar-refractivity contribution in [3.63, 3.8) is 0 Å². The van der Waals surface area contributed by atoms with E-state index >= 15 is 0 Å². The highest BCUT2D eigenvalue weighted by molar-refractivity contribution is 7.10. The highest BCUT2D eigenvalue weighted by Crippen LogP contribution is 2.35. The average Bonchev–Trinajstić information content (AvgIpc) is 3.59. The molecule has 33 heavy (non-hydrogen) atoms. The second kappa shape index (κ2) is 9.91. The average molecular weight is 466 g/mol. The van der Waals surface area contributed by atoms with E-state index in [-0.39, 0.29) is 24.3 Å². The fourth-order valence-electron chi connectivity index (χ4n) is 4.39. The highest BCUT2D eigenvalue weighted by atomic mass is 32.1. The van der Waals surface area contributed by atoms with Crippen LogP contribution in [0.2, 0.25) is 0 Å². The van der Waals surface area contributed by atoms with Crippen molar-refractivity contribution < 1.29 is 18.7 Å². The van der Waals surface area contributed by atoms with Crippen molar-refractivity contribution in [2.75, 3.05) is 26.3 Å². The summed E-state index contributed by atoms with van der Waals surface area (Å²) in [7, 11) is 0. The maximum absolute atomic E-state index is 13.0. The Morgan fingerprint density at radius 3 is 2.67 bits per heavy atom. The number of hydrogen-bond acceptors (Lipinski definition) is 6. The fraction of sp³-hybridized carbons (Fsp3) is 0.360. The molecular formula is C25H27N3O4S. The number of benzene rings is 1. The van der Waals surface area contributed by atoms with Crippen LogP contribution in [-0.2, 0) is 29.2 Å². The highest BCUT2D eigenvalue weighted by Gasteiger charge is 2.34. The van der Waals surface area contributed by atoms with Crippen LogP contribution >= 0.6 is 11.3 Å². The number of thiophene rings is 1. The zero-order chi connectivity index (χ0) is 22.6. The van der Waals surface area contributed by atoms with E-state index in [1.54, 1.807) is 11.3 Å². The summed E-state index contributed by atoms with van der Waals surface area (Å²) in [5, 5.41) is 4.95. The van der Waals surface area contributed by atoms with Gasteiger partial charge >= 0.3 is 0 Å². The molecule has 0 aliphatic carbocycles. The van der Waals surface area contributed by atoms with E-state index in [1.807, 2.05) is 58.8 Å². The largest absolute Gasteiger partial charge is 0.463 e. The monoisotopic (exact) mass is 465 g/mol. The van der Waals surface area contributed by atoms with E-state index < -0.39 is 0 Å². The summed E-state index contributed by atoms with van der Waals surface area (Å²) in [6.45, 7) is 4.89. The number of hydrogen-bond donors (Lipinski definition) is 1. The number of nitrogens with one attached hydrogen (secondary N) is 1. The second-order valence-electron chi connectivity index (χ2n) is 8.36. The number of ether oxygens (including phenoxy) is 1. The van der Waals surface area contributed by atoms with Crippen molar-refractivity contribution in [3.8, 4) is 0 Å². The molecule has 172 valence electrons. The molecule has 1 N–H and O–H groups in total. The number of rotatable bonds is 8. The van der Waals surface area contributed by atoms with Crippen LogP contribution in [0, 0.1) is 0 Å². The van der Waals surface area contributed by atoms with Crippen molar-refractivity contribution in [1.29, 1.82) is 0 Å². The number of furan rings is 1. The normalized spacial score (nSPS) is 17.2. The maximum atomic E-state index is 13.0. The summed E-state index contributed by atoms with van der Waals surface area (Å²) in [4.78, 5) is 31.0. The van der Waals surface area contributed by atoms with E-state index in [1.165, 1.54) is 0 Å². The quantitative estimate of drug-likeness (QED) is 0.551. The Morgan fingerprint density at radius 2 is 1.88 bits per heavy atom. The van der Waals surface area contributed by atoms with E-state index in [2.05, 4.69) is 10.2 Å². The number of carbonyl (C=O) groups is 2. The molecule has 1 unspecified atom stereocenters. The Morgan fingerprint density at radius 1 is 1.06 bits per heavy atom. The standard InChI is InChI=1S/C25H27N3O4S/c29-24(26-15-19-7-8-20(32-19)17-27-9-11-31-12-10-27)14-22(23-6-3-13-33-23)28-16-18-4-1-2-5-21(18)25(28)30/h1-8,13,22H,9-12,14-17H2,(H,26,29). The third-order valence-electron chi connectivity index (χ3n) is 6.14. The van der Waals surface area contributed by atoms with Crippen LogP contribution in [0.15, 0.2) is 58.3 Å². The zero-order valence-corrected chi connectivity index (χ0v) is 19.2. The molecule has 7 nitrogen and oxygen atoms in total. The van der Waals surface area contributed by atoms with Crippen LogP contribution in [0.1, 0.15) is 44.8 Å². The molecule has 2 amide bonds. The smallest absolute Gasteiger partial charge is 0.255 e. The van der Waals surface area contributed by atoms with Crippen LogP contribution in [0.3, 0.4) is 0 Å². The van der Waals surface area contributed by atoms with Gasteiger partial charge in [-0.05, 0) is 35.2 Å². The second-order valence-corrected chi connectivity index (χ2v) is 9.34. The molecule has 1 fully saturated rings. The van der Waals surface area contributed by atoms with Gasteiger partial charge in [0.15, 0.2) is 0 Å². The lowest BCUT2D eigenvalue weighted by Crippen LogP contribution is -2.35. The summed E-state index contributed by atoms with van der Waals surface area (Å²) >= 11 is 1.57. The minimum Gasteiger partial charge on any atom is -0.463 e. The number of nitrogens with zero attached hydrogens (tertiary/aromatic N) is 2. The van der Waals surface area contributed by atoms with Crippen molar-refractivity contribution >= 4 is 23.2 Å². The molecule has 2 aliphatic heterocycles.